The lowest BCUT2D eigenvalue weighted by Crippen LogP contribution is -2.42. The quantitative estimate of drug-likeness (QED) is 0.882. The van der Waals surface area contributed by atoms with Gasteiger partial charge in [-0.2, -0.15) is 13.2 Å². The van der Waals surface area contributed by atoms with Crippen molar-refractivity contribution in [3.8, 4) is 5.75 Å². The van der Waals surface area contributed by atoms with Gasteiger partial charge in [0.25, 0.3) is 0 Å². The number of rotatable bonds is 4. The normalized spacial score (nSPS) is 14.6. The molecule has 0 radical (unpaired) electrons. The van der Waals surface area contributed by atoms with Crippen LogP contribution in [0.3, 0.4) is 0 Å². The van der Waals surface area contributed by atoms with Gasteiger partial charge in [0.1, 0.15) is 11.9 Å². The standard InChI is InChI=1S/C12H14F3NO3/c1-7(17)11(18)16-10(12(13,14)15)8-3-5-9(19-2)6-4-8/h3-7,10,17H,1-2H3,(H,16,18). The maximum Gasteiger partial charge on any atom is 0.412 e. The van der Waals surface area contributed by atoms with E-state index in [9.17, 15) is 18.0 Å². The van der Waals surface area contributed by atoms with Gasteiger partial charge in [-0.15, -0.1) is 0 Å². The van der Waals surface area contributed by atoms with Gasteiger partial charge >= 0.3 is 6.18 Å². The van der Waals surface area contributed by atoms with Crippen molar-refractivity contribution in [1.82, 2.24) is 5.32 Å². The van der Waals surface area contributed by atoms with E-state index in [0.29, 0.717) is 5.75 Å². The molecule has 106 valence electrons. The van der Waals surface area contributed by atoms with Crippen LogP contribution < -0.4 is 10.1 Å². The summed E-state index contributed by atoms with van der Waals surface area (Å²) < 4.78 is 43.5. The number of halogens is 3. The highest BCUT2D eigenvalue weighted by atomic mass is 19.4. The number of aliphatic hydroxyl groups is 1. The van der Waals surface area contributed by atoms with E-state index in [0.717, 1.165) is 6.92 Å². The number of alkyl halides is 3. The van der Waals surface area contributed by atoms with E-state index >= 15 is 0 Å². The summed E-state index contributed by atoms with van der Waals surface area (Å²) in [6.07, 6.45) is -6.16. The molecule has 1 aromatic carbocycles. The molecule has 0 aliphatic rings. The van der Waals surface area contributed by atoms with Crippen molar-refractivity contribution >= 4 is 5.91 Å². The molecule has 0 fully saturated rings. The zero-order chi connectivity index (χ0) is 14.6. The van der Waals surface area contributed by atoms with E-state index in [-0.39, 0.29) is 5.56 Å². The fourth-order valence-corrected chi connectivity index (χ4v) is 1.41. The lowest BCUT2D eigenvalue weighted by Gasteiger charge is -2.22. The minimum Gasteiger partial charge on any atom is -0.497 e. The zero-order valence-electron chi connectivity index (χ0n) is 10.4. The van der Waals surface area contributed by atoms with Gasteiger partial charge in [0, 0.05) is 0 Å². The van der Waals surface area contributed by atoms with E-state index in [1.807, 2.05) is 0 Å². The molecule has 0 aliphatic heterocycles. The summed E-state index contributed by atoms with van der Waals surface area (Å²) in [5.41, 5.74) is -0.137. The van der Waals surface area contributed by atoms with Crippen LogP contribution in [0, 0.1) is 0 Å². The van der Waals surface area contributed by atoms with Crippen LogP contribution in [-0.2, 0) is 4.79 Å². The Morgan fingerprint density at radius 3 is 2.21 bits per heavy atom. The Balaban J connectivity index is 2.99. The van der Waals surface area contributed by atoms with Gasteiger partial charge in [0.15, 0.2) is 6.04 Å². The predicted octanol–water partition coefficient (Wildman–Crippen LogP) is 1.80. The van der Waals surface area contributed by atoms with Crippen LogP contribution in [0.25, 0.3) is 0 Å². The molecular formula is C12H14F3NO3. The fraction of sp³-hybridized carbons (Fsp3) is 0.417. The third-order valence-electron chi connectivity index (χ3n) is 2.44. The number of hydrogen-bond donors (Lipinski definition) is 2. The molecule has 1 amide bonds. The molecule has 0 spiro atoms. The maximum absolute atomic E-state index is 12.9. The number of benzene rings is 1. The second-order valence-corrected chi connectivity index (χ2v) is 3.93. The number of methoxy groups -OCH3 is 1. The number of amides is 1. The van der Waals surface area contributed by atoms with E-state index < -0.39 is 24.2 Å². The highest BCUT2D eigenvalue weighted by Gasteiger charge is 2.42. The molecular weight excluding hydrogens is 263 g/mol. The lowest BCUT2D eigenvalue weighted by atomic mass is 10.1. The van der Waals surface area contributed by atoms with Crippen LogP contribution in [0.5, 0.6) is 5.75 Å². The minimum atomic E-state index is -4.65. The SMILES string of the molecule is COc1ccc(C(NC(=O)C(C)O)C(F)(F)F)cc1. The van der Waals surface area contributed by atoms with Crippen molar-refractivity contribution in [2.75, 3.05) is 7.11 Å². The molecule has 19 heavy (non-hydrogen) atoms. The smallest absolute Gasteiger partial charge is 0.412 e. The summed E-state index contributed by atoms with van der Waals surface area (Å²) in [5.74, 6) is -0.676. The van der Waals surface area contributed by atoms with Crippen LogP contribution >= 0.6 is 0 Å². The first-order valence-electron chi connectivity index (χ1n) is 5.45. The van der Waals surface area contributed by atoms with Crippen molar-refractivity contribution < 1.29 is 27.8 Å². The highest BCUT2D eigenvalue weighted by Crippen LogP contribution is 2.33. The second-order valence-electron chi connectivity index (χ2n) is 3.93. The molecule has 0 bridgehead atoms. The minimum absolute atomic E-state index is 0.137. The van der Waals surface area contributed by atoms with E-state index in [1.165, 1.54) is 31.4 Å². The Hall–Kier alpha value is -1.76. The molecule has 1 aromatic rings. The topological polar surface area (TPSA) is 58.6 Å². The summed E-state index contributed by atoms with van der Waals surface area (Å²) >= 11 is 0. The summed E-state index contributed by atoms with van der Waals surface area (Å²) in [6, 6.07) is 2.98. The van der Waals surface area contributed by atoms with Crippen molar-refractivity contribution in [1.29, 1.82) is 0 Å². The van der Waals surface area contributed by atoms with Crippen LogP contribution in [0.4, 0.5) is 13.2 Å². The summed E-state index contributed by atoms with van der Waals surface area (Å²) in [5, 5.41) is 10.7. The Morgan fingerprint density at radius 2 is 1.84 bits per heavy atom. The zero-order valence-corrected chi connectivity index (χ0v) is 10.4. The number of hydrogen-bond acceptors (Lipinski definition) is 3. The summed E-state index contributed by atoms with van der Waals surface area (Å²) in [6.45, 7) is 1.09. The lowest BCUT2D eigenvalue weighted by molar-refractivity contribution is -0.165. The van der Waals surface area contributed by atoms with Gasteiger partial charge in [-0.25, -0.2) is 0 Å². The first kappa shape index (κ1) is 15.3. The van der Waals surface area contributed by atoms with Gasteiger partial charge in [-0.3, -0.25) is 4.79 Å². The van der Waals surface area contributed by atoms with Gasteiger partial charge in [0.05, 0.1) is 7.11 Å². The molecule has 1 rings (SSSR count). The predicted molar refractivity (Wildman–Crippen MR) is 61.6 cm³/mol. The molecule has 0 heterocycles. The first-order chi connectivity index (χ1) is 8.75. The number of ether oxygens (including phenoxy) is 1. The molecule has 4 nitrogen and oxygen atoms in total. The number of nitrogens with one attached hydrogen (secondary N) is 1. The molecule has 2 N–H and O–H groups in total. The van der Waals surface area contributed by atoms with Gasteiger partial charge in [0.2, 0.25) is 5.91 Å². The molecule has 0 saturated heterocycles. The third kappa shape index (κ3) is 4.13. The molecule has 0 aliphatic carbocycles. The summed E-state index contributed by atoms with van der Waals surface area (Å²) in [7, 11) is 1.39. The van der Waals surface area contributed by atoms with Crippen molar-refractivity contribution in [3.63, 3.8) is 0 Å². The Kier molecular flexibility index (Phi) is 4.77. The van der Waals surface area contributed by atoms with Gasteiger partial charge < -0.3 is 15.2 Å². The van der Waals surface area contributed by atoms with Crippen molar-refractivity contribution in [2.45, 2.75) is 25.2 Å². The van der Waals surface area contributed by atoms with Gasteiger partial charge in [-0.05, 0) is 24.6 Å². The van der Waals surface area contributed by atoms with E-state index in [1.54, 1.807) is 5.32 Å². The van der Waals surface area contributed by atoms with Crippen LogP contribution in [0.1, 0.15) is 18.5 Å². The average Bonchev–Trinajstić information content (AvgIpc) is 2.34. The van der Waals surface area contributed by atoms with Crippen molar-refractivity contribution in [2.24, 2.45) is 0 Å². The van der Waals surface area contributed by atoms with Crippen LogP contribution in [0.2, 0.25) is 0 Å². The Bertz CT molecular complexity index is 429. The highest BCUT2D eigenvalue weighted by molar-refractivity contribution is 5.80. The monoisotopic (exact) mass is 277 g/mol. The van der Waals surface area contributed by atoms with E-state index in [2.05, 4.69) is 0 Å². The van der Waals surface area contributed by atoms with Crippen LogP contribution in [0.15, 0.2) is 24.3 Å². The molecule has 0 saturated carbocycles. The molecule has 2 unspecified atom stereocenters. The van der Waals surface area contributed by atoms with Crippen molar-refractivity contribution in [3.05, 3.63) is 29.8 Å². The third-order valence-corrected chi connectivity index (χ3v) is 2.44. The molecule has 0 aromatic heterocycles. The molecule has 7 heteroatoms. The van der Waals surface area contributed by atoms with E-state index in [4.69, 9.17) is 9.84 Å². The fourth-order valence-electron chi connectivity index (χ4n) is 1.41. The number of carbonyl (C=O) groups is 1. The van der Waals surface area contributed by atoms with Crippen LogP contribution in [-0.4, -0.2) is 30.4 Å². The summed E-state index contributed by atoms with van der Waals surface area (Å²) in [4.78, 5) is 11.2. The maximum atomic E-state index is 12.9. The number of aliphatic hydroxyl groups excluding tert-OH is 1. The first-order valence-corrected chi connectivity index (χ1v) is 5.45. The Morgan fingerprint density at radius 1 is 1.32 bits per heavy atom. The Labute approximate surface area is 108 Å². The largest absolute Gasteiger partial charge is 0.497 e. The second kappa shape index (κ2) is 5.92. The molecule has 2 atom stereocenters. The number of carbonyl (C=O) groups excluding carboxylic acids is 1. The van der Waals surface area contributed by atoms with Gasteiger partial charge in [-0.1, -0.05) is 12.1 Å². The average molecular weight is 277 g/mol.